The Kier molecular flexibility index (Phi) is 12.3. The van der Waals surface area contributed by atoms with Gasteiger partial charge in [-0.25, -0.2) is 0 Å². The number of hydrogen-bond acceptors (Lipinski definition) is 4. The van der Waals surface area contributed by atoms with E-state index in [1.165, 1.54) is 38.9 Å². The zero-order chi connectivity index (χ0) is 19.5. The molecule has 6 nitrogen and oxygen atoms in total. The van der Waals surface area contributed by atoms with Gasteiger partial charge in [-0.1, -0.05) is 13.0 Å². The zero-order valence-corrected chi connectivity index (χ0v) is 20.1. The van der Waals surface area contributed by atoms with E-state index in [4.69, 9.17) is 9.47 Å². The van der Waals surface area contributed by atoms with Crippen molar-refractivity contribution < 1.29 is 9.47 Å². The molecule has 1 aromatic rings. The molecule has 0 aromatic heterocycles. The van der Waals surface area contributed by atoms with Crippen LogP contribution in [0.2, 0.25) is 0 Å². The van der Waals surface area contributed by atoms with Crippen molar-refractivity contribution in [3.63, 3.8) is 0 Å². The molecule has 0 radical (unpaired) electrons. The van der Waals surface area contributed by atoms with Crippen molar-refractivity contribution in [3.05, 3.63) is 24.3 Å². The van der Waals surface area contributed by atoms with Crippen molar-refractivity contribution >= 4 is 29.9 Å². The van der Waals surface area contributed by atoms with E-state index in [-0.39, 0.29) is 30.1 Å². The summed E-state index contributed by atoms with van der Waals surface area (Å²) in [4.78, 5) is 6.90. The average molecular weight is 504 g/mol. The Morgan fingerprint density at radius 2 is 1.96 bits per heavy atom. The van der Waals surface area contributed by atoms with Crippen molar-refractivity contribution in [2.24, 2.45) is 10.9 Å². The third-order valence-corrected chi connectivity index (χ3v) is 4.96. The normalized spacial score (nSPS) is 16.8. The number of benzene rings is 1. The lowest BCUT2D eigenvalue weighted by atomic mass is 9.97. The summed E-state index contributed by atoms with van der Waals surface area (Å²) in [5.41, 5.74) is 0. The minimum Gasteiger partial charge on any atom is -0.497 e. The number of nitrogens with zero attached hydrogens (tertiary/aromatic N) is 2. The highest BCUT2D eigenvalue weighted by Gasteiger charge is 2.18. The molecular weight excluding hydrogens is 467 g/mol. The predicted octanol–water partition coefficient (Wildman–Crippen LogP) is 3.37. The molecule has 0 saturated carbocycles. The number of nitrogens with one attached hydrogen (secondary N) is 2. The van der Waals surface area contributed by atoms with Gasteiger partial charge >= 0.3 is 0 Å². The summed E-state index contributed by atoms with van der Waals surface area (Å²) >= 11 is 0. The molecule has 28 heavy (non-hydrogen) atoms. The first-order valence-corrected chi connectivity index (χ1v) is 10.1. The summed E-state index contributed by atoms with van der Waals surface area (Å²) < 4.78 is 11.2. The van der Waals surface area contributed by atoms with E-state index in [1.54, 1.807) is 7.11 Å². The highest BCUT2D eigenvalue weighted by atomic mass is 127. The van der Waals surface area contributed by atoms with E-state index in [0.717, 1.165) is 29.9 Å². The molecular formula is C21H37IN4O2. The third-order valence-electron chi connectivity index (χ3n) is 4.96. The summed E-state index contributed by atoms with van der Waals surface area (Å²) in [6.45, 7) is 9.63. The lowest BCUT2D eigenvalue weighted by Gasteiger charge is -2.32. The molecule has 1 aliphatic heterocycles. The maximum atomic E-state index is 5.95. The molecule has 0 bridgehead atoms. The maximum absolute atomic E-state index is 5.95. The summed E-state index contributed by atoms with van der Waals surface area (Å²) in [6.07, 6.45) is 3.79. The fourth-order valence-corrected chi connectivity index (χ4v) is 3.38. The highest BCUT2D eigenvalue weighted by molar-refractivity contribution is 14.0. The van der Waals surface area contributed by atoms with Gasteiger partial charge < -0.3 is 25.0 Å². The summed E-state index contributed by atoms with van der Waals surface area (Å²) in [6, 6.07) is 7.68. The van der Waals surface area contributed by atoms with Crippen LogP contribution < -0.4 is 20.1 Å². The predicted molar refractivity (Wildman–Crippen MR) is 127 cm³/mol. The molecule has 0 amide bonds. The van der Waals surface area contributed by atoms with Gasteiger partial charge in [0.1, 0.15) is 17.6 Å². The van der Waals surface area contributed by atoms with Gasteiger partial charge in [0.2, 0.25) is 0 Å². The van der Waals surface area contributed by atoms with Crippen LogP contribution in [0.3, 0.4) is 0 Å². The fourth-order valence-electron chi connectivity index (χ4n) is 3.38. The number of likely N-dealkylation sites (tertiary alicyclic amines) is 1. The van der Waals surface area contributed by atoms with Crippen molar-refractivity contribution in [1.29, 1.82) is 0 Å². The summed E-state index contributed by atoms with van der Waals surface area (Å²) in [5, 5.41) is 6.83. The average Bonchev–Trinajstić information content (AvgIpc) is 2.69. The Morgan fingerprint density at radius 3 is 2.61 bits per heavy atom. The number of ether oxygens (including phenoxy) is 2. The topological polar surface area (TPSA) is 58.1 Å². The van der Waals surface area contributed by atoms with E-state index in [9.17, 15) is 0 Å². The van der Waals surface area contributed by atoms with Crippen LogP contribution in [0.25, 0.3) is 0 Å². The monoisotopic (exact) mass is 504 g/mol. The molecule has 1 aromatic carbocycles. The van der Waals surface area contributed by atoms with Gasteiger partial charge in [-0.2, -0.15) is 0 Å². The van der Waals surface area contributed by atoms with Crippen molar-refractivity contribution in [3.8, 4) is 11.5 Å². The number of guanidine groups is 1. The Labute approximate surface area is 187 Å². The third kappa shape index (κ3) is 8.86. The number of methoxy groups -OCH3 is 1. The molecule has 1 aliphatic rings. The first kappa shape index (κ1) is 24.8. The van der Waals surface area contributed by atoms with Gasteiger partial charge in [0.15, 0.2) is 5.96 Å². The second kappa shape index (κ2) is 13.9. The summed E-state index contributed by atoms with van der Waals surface area (Å²) in [5.74, 6) is 3.18. The standard InChI is InChI=1S/C21H36N4O2.HI/c1-5-11-25-12-9-18(10-13-25)16-24-21(22-3)23-15-17(2)27-20-8-6-7-19(14-20)26-4;/h6-8,14,17-18H,5,9-13,15-16H2,1-4H3,(H2,22,23,24);1H. The van der Waals surface area contributed by atoms with E-state index in [0.29, 0.717) is 6.54 Å². The maximum Gasteiger partial charge on any atom is 0.191 e. The van der Waals surface area contributed by atoms with Gasteiger partial charge in [0, 0.05) is 19.7 Å². The number of halogens is 1. The first-order chi connectivity index (χ1) is 13.1. The molecule has 0 aliphatic carbocycles. The molecule has 2 N–H and O–H groups in total. The van der Waals surface area contributed by atoms with E-state index < -0.39 is 0 Å². The zero-order valence-electron chi connectivity index (χ0n) is 17.7. The van der Waals surface area contributed by atoms with Crippen molar-refractivity contribution in [2.75, 3.05) is 46.9 Å². The largest absolute Gasteiger partial charge is 0.497 e. The van der Waals surface area contributed by atoms with Gasteiger partial charge in [0.25, 0.3) is 0 Å². The molecule has 2 rings (SSSR count). The van der Waals surface area contributed by atoms with E-state index in [2.05, 4.69) is 27.4 Å². The molecule has 1 heterocycles. The van der Waals surface area contributed by atoms with Gasteiger partial charge in [-0.15, -0.1) is 24.0 Å². The van der Waals surface area contributed by atoms with Crippen LogP contribution in [0.15, 0.2) is 29.3 Å². The molecule has 0 spiro atoms. The van der Waals surface area contributed by atoms with Crippen LogP contribution in [0.5, 0.6) is 11.5 Å². The first-order valence-electron chi connectivity index (χ1n) is 10.1. The Morgan fingerprint density at radius 1 is 1.25 bits per heavy atom. The van der Waals surface area contributed by atoms with Crippen molar-refractivity contribution in [2.45, 2.75) is 39.2 Å². The Bertz CT molecular complexity index is 577. The number of rotatable bonds is 9. The van der Waals surface area contributed by atoms with Crippen LogP contribution in [0.4, 0.5) is 0 Å². The minimum atomic E-state index is 0. The molecule has 1 unspecified atom stereocenters. The van der Waals surface area contributed by atoms with Crippen LogP contribution in [-0.4, -0.2) is 63.8 Å². The second-order valence-corrected chi connectivity index (χ2v) is 7.23. The Balaban J connectivity index is 0.00000392. The van der Waals surface area contributed by atoms with Crippen LogP contribution >= 0.6 is 24.0 Å². The molecule has 1 atom stereocenters. The van der Waals surface area contributed by atoms with Gasteiger partial charge in [-0.05, 0) is 63.9 Å². The molecule has 160 valence electrons. The number of piperidine rings is 1. The van der Waals surface area contributed by atoms with Crippen LogP contribution in [0.1, 0.15) is 33.1 Å². The minimum absolute atomic E-state index is 0. The number of hydrogen-bond donors (Lipinski definition) is 2. The van der Waals surface area contributed by atoms with Crippen molar-refractivity contribution in [1.82, 2.24) is 15.5 Å². The van der Waals surface area contributed by atoms with Crippen LogP contribution in [0, 0.1) is 5.92 Å². The van der Waals surface area contributed by atoms with Gasteiger partial charge in [-0.3, -0.25) is 4.99 Å². The van der Waals surface area contributed by atoms with Gasteiger partial charge in [0.05, 0.1) is 13.7 Å². The fraction of sp³-hybridized carbons (Fsp3) is 0.667. The highest BCUT2D eigenvalue weighted by Crippen LogP contribution is 2.20. The lowest BCUT2D eigenvalue weighted by Crippen LogP contribution is -2.45. The van der Waals surface area contributed by atoms with E-state index in [1.807, 2.05) is 38.2 Å². The summed E-state index contributed by atoms with van der Waals surface area (Å²) in [7, 11) is 3.47. The smallest absolute Gasteiger partial charge is 0.191 e. The quantitative estimate of drug-likeness (QED) is 0.307. The number of aliphatic imine (C=N–C) groups is 1. The molecule has 1 saturated heterocycles. The molecule has 1 fully saturated rings. The lowest BCUT2D eigenvalue weighted by molar-refractivity contribution is 0.185. The second-order valence-electron chi connectivity index (χ2n) is 7.23. The molecule has 7 heteroatoms. The SMILES string of the molecule is CCCN1CCC(CNC(=NC)NCC(C)Oc2cccc(OC)c2)CC1.I. The Hall–Kier alpha value is -1.22. The van der Waals surface area contributed by atoms with Crippen LogP contribution in [-0.2, 0) is 0 Å². The van der Waals surface area contributed by atoms with E-state index >= 15 is 0 Å².